The summed E-state index contributed by atoms with van der Waals surface area (Å²) in [6.07, 6.45) is 0. The van der Waals surface area contributed by atoms with E-state index in [4.69, 9.17) is 4.42 Å². The number of thiophene rings is 1. The molecule has 2 aromatic carbocycles. The molecule has 0 aliphatic rings. The van der Waals surface area contributed by atoms with E-state index < -0.39 is 10.0 Å². The van der Waals surface area contributed by atoms with E-state index in [0.29, 0.717) is 5.76 Å². The molecule has 0 saturated carbocycles. The lowest BCUT2D eigenvalue weighted by Crippen LogP contribution is -2.22. The van der Waals surface area contributed by atoms with Gasteiger partial charge in [-0.2, -0.15) is 0 Å². The third-order valence-corrected chi connectivity index (χ3v) is 6.18. The second-order valence-corrected chi connectivity index (χ2v) is 8.29. The molecular weight excluding hydrogens is 354 g/mol. The van der Waals surface area contributed by atoms with Gasteiger partial charge in [-0.15, -0.1) is 11.3 Å². The van der Waals surface area contributed by atoms with Crippen LogP contribution in [0.5, 0.6) is 0 Å². The van der Waals surface area contributed by atoms with Gasteiger partial charge in [0.15, 0.2) is 0 Å². The monoisotopic (exact) mass is 369 g/mol. The molecule has 25 heavy (non-hydrogen) atoms. The number of furan rings is 1. The predicted molar refractivity (Wildman–Crippen MR) is 100.0 cm³/mol. The second kappa shape index (κ2) is 6.48. The summed E-state index contributed by atoms with van der Waals surface area (Å²) < 4.78 is 33.4. The fourth-order valence-electron chi connectivity index (χ4n) is 2.61. The van der Waals surface area contributed by atoms with E-state index in [1.54, 1.807) is 29.5 Å². The molecule has 0 saturated heterocycles. The number of hydrogen-bond acceptors (Lipinski definition) is 4. The van der Waals surface area contributed by atoms with Crippen LogP contribution in [0, 0.1) is 0 Å². The SMILES string of the molecule is O=S(=O)(NCc1ccc(-c2cccs2)o1)c1ccc2ccccc2c1. The number of nitrogens with one attached hydrogen (secondary N) is 1. The fourth-order valence-corrected chi connectivity index (χ4v) is 4.32. The van der Waals surface area contributed by atoms with E-state index in [-0.39, 0.29) is 11.4 Å². The molecule has 0 spiro atoms. The minimum absolute atomic E-state index is 0.112. The Morgan fingerprint density at radius 2 is 1.76 bits per heavy atom. The molecule has 0 aliphatic heterocycles. The fraction of sp³-hybridized carbons (Fsp3) is 0.0526. The smallest absolute Gasteiger partial charge is 0.240 e. The van der Waals surface area contributed by atoms with Crippen LogP contribution in [0.15, 0.2) is 81.4 Å². The Kier molecular flexibility index (Phi) is 4.17. The average molecular weight is 369 g/mol. The zero-order chi connectivity index (χ0) is 17.3. The molecule has 4 nitrogen and oxygen atoms in total. The van der Waals surface area contributed by atoms with Gasteiger partial charge in [0.2, 0.25) is 10.0 Å². The van der Waals surface area contributed by atoms with Crippen LogP contribution in [0.25, 0.3) is 21.4 Å². The van der Waals surface area contributed by atoms with Crippen molar-refractivity contribution in [3.05, 3.63) is 77.9 Å². The average Bonchev–Trinajstić information content (AvgIpc) is 3.31. The lowest BCUT2D eigenvalue weighted by molar-refractivity contribution is 0.510. The van der Waals surface area contributed by atoms with Crippen LogP contribution in [0.3, 0.4) is 0 Å². The molecule has 0 unspecified atom stereocenters. The second-order valence-electron chi connectivity index (χ2n) is 5.58. The summed E-state index contributed by atoms with van der Waals surface area (Å²) in [5.41, 5.74) is 0. The van der Waals surface area contributed by atoms with Gasteiger partial charge in [0.25, 0.3) is 0 Å². The quantitative estimate of drug-likeness (QED) is 0.557. The first-order chi connectivity index (χ1) is 12.1. The summed E-state index contributed by atoms with van der Waals surface area (Å²) in [6.45, 7) is 0.112. The minimum atomic E-state index is -3.60. The van der Waals surface area contributed by atoms with Gasteiger partial charge in [-0.1, -0.05) is 36.4 Å². The molecule has 1 N–H and O–H groups in total. The van der Waals surface area contributed by atoms with Crippen molar-refractivity contribution in [2.45, 2.75) is 11.4 Å². The van der Waals surface area contributed by atoms with E-state index in [1.807, 2.05) is 53.9 Å². The molecular formula is C19H15NO3S2. The van der Waals surface area contributed by atoms with Crippen molar-refractivity contribution in [2.24, 2.45) is 0 Å². The molecule has 0 radical (unpaired) electrons. The maximum absolute atomic E-state index is 12.5. The summed E-state index contributed by atoms with van der Waals surface area (Å²) in [6, 6.07) is 20.3. The molecule has 2 heterocycles. The van der Waals surface area contributed by atoms with Crippen LogP contribution in [0.4, 0.5) is 0 Å². The normalized spacial score (nSPS) is 11.8. The number of rotatable bonds is 5. The summed E-state index contributed by atoms with van der Waals surface area (Å²) in [4.78, 5) is 1.26. The van der Waals surface area contributed by atoms with Gasteiger partial charge in [-0.25, -0.2) is 13.1 Å². The topological polar surface area (TPSA) is 59.3 Å². The first kappa shape index (κ1) is 16.1. The van der Waals surface area contributed by atoms with E-state index in [2.05, 4.69) is 4.72 Å². The van der Waals surface area contributed by atoms with Crippen molar-refractivity contribution in [1.82, 2.24) is 4.72 Å². The number of fused-ring (bicyclic) bond motifs is 1. The van der Waals surface area contributed by atoms with Gasteiger partial charge in [0, 0.05) is 0 Å². The Morgan fingerprint density at radius 3 is 2.56 bits per heavy atom. The van der Waals surface area contributed by atoms with E-state index >= 15 is 0 Å². The van der Waals surface area contributed by atoms with Crippen molar-refractivity contribution < 1.29 is 12.8 Å². The molecule has 4 aromatic rings. The highest BCUT2D eigenvalue weighted by atomic mass is 32.2. The highest BCUT2D eigenvalue weighted by molar-refractivity contribution is 7.89. The molecule has 0 amide bonds. The van der Waals surface area contributed by atoms with E-state index in [9.17, 15) is 8.42 Å². The standard InChI is InChI=1S/C19H15NO3S2/c21-25(22,17-9-7-14-4-1-2-5-15(14)12-17)20-13-16-8-10-18(23-16)19-6-3-11-24-19/h1-12,20H,13H2. The van der Waals surface area contributed by atoms with Crippen LogP contribution in [-0.2, 0) is 16.6 Å². The summed E-state index contributed by atoms with van der Waals surface area (Å²) in [7, 11) is -3.60. The maximum Gasteiger partial charge on any atom is 0.240 e. The molecule has 0 fully saturated rings. The van der Waals surface area contributed by atoms with Crippen LogP contribution in [0.2, 0.25) is 0 Å². The highest BCUT2D eigenvalue weighted by Crippen LogP contribution is 2.26. The Morgan fingerprint density at radius 1 is 0.920 bits per heavy atom. The van der Waals surface area contributed by atoms with Crippen LogP contribution >= 0.6 is 11.3 Å². The molecule has 2 aromatic heterocycles. The molecule has 4 rings (SSSR count). The van der Waals surface area contributed by atoms with Gasteiger partial charge in [0.1, 0.15) is 11.5 Å². The first-order valence-corrected chi connectivity index (χ1v) is 10.1. The van der Waals surface area contributed by atoms with Gasteiger partial charge in [0.05, 0.1) is 16.3 Å². The molecule has 0 aliphatic carbocycles. The third-order valence-electron chi connectivity index (χ3n) is 3.89. The van der Waals surface area contributed by atoms with Crippen molar-refractivity contribution in [3.8, 4) is 10.6 Å². The van der Waals surface area contributed by atoms with Crippen molar-refractivity contribution in [1.29, 1.82) is 0 Å². The lowest BCUT2D eigenvalue weighted by Gasteiger charge is -2.07. The van der Waals surface area contributed by atoms with Gasteiger partial charge in [-0.3, -0.25) is 0 Å². The summed E-state index contributed by atoms with van der Waals surface area (Å²) >= 11 is 1.58. The highest BCUT2D eigenvalue weighted by Gasteiger charge is 2.15. The zero-order valence-electron chi connectivity index (χ0n) is 13.2. The first-order valence-electron chi connectivity index (χ1n) is 7.73. The van der Waals surface area contributed by atoms with Gasteiger partial charge < -0.3 is 4.42 Å². The summed E-state index contributed by atoms with van der Waals surface area (Å²) in [5, 5.41) is 3.87. The van der Waals surface area contributed by atoms with Crippen LogP contribution in [0.1, 0.15) is 5.76 Å². The Bertz CT molecular complexity index is 1110. The molecule has 6 heteroatoms. The largest absolute Gasteiger partial charge is 0.459 e. The third kappa shape index (κ3) is 3.37. The number of benzene rings is 2. The van der Waals surface area contributed by atoms with Gasteiger partial charge in [-0.05, 0) is 46.5 Å². The maximum atomic E-state index is 12.5. The Hall–Kier alpha value is -2.41. The van der Waals surface area contributed by atoms with Crippen LogP contribution < -0.4 is 4.72 Å². The predicted octanol–water partition coefficient (Wildman–Crippen LogP) is 4.64. The van der Waals surface area contributed by atoms with Crippen molar-refractivity contribution in [3.63, 3.8) is 0 Å². The Labute approximate surface area is 149 Å². The van der Waals surface area contributed by atoms with E-state index in [0.717, 1.165) is 21.4 Å². The Balaban J connectivity index is 1.53. The van der Waals surface area contributed by atoms with Crippen molar-refractivity contribution in [2.75, 3.05) is 0 Å². The van der Waals surface area contributed by atoms with Gasteiger partial charge >= 0.3 is 0 Å². The number of hydrogen-bond donors (Lipinski definition) is 1. The van der Waals surface area contributed by atoms with Crippen LogP contribution in [-0.4, -0.2) is 8.42 Å². The molecule has 0 atom stereocenters. The number of sulfonamides is 1. The zero-order valence-corrected chi connectivity index (χ0v) is 14.8. The minimum Gasteiger partial charge on any atom is -0.459 e. The summed E-state index contributed by atoms with van der Waals surface area (Å²) in [5.74, 6) is 1.32. The molecule has 126 valence electrons. The van der Waals surface area contributed by atoms with E-state index in [1.165, 1.54) is 0 Å². The lowest BCUT2D eigenvalue weighted by atomic mass is 10.1. The molecule has 0 bridgehead atoms. The van der Waals surface area contributed by atoms with Crippen molar-refractivity contribution >= 4 is 32.1 Å².